The number of benzene rings is 2. The normalized spacial score (nSPS) is 17.7. The lowest BCUT2D eigenvalue weighted by molar-refractivity contribution is -0.145. The van der Waals surface area contributed by atoms with Gasteiger partial charge >= 0.3 is 5.97 Å². The first-order valence-corrected chi connectivity index (χ1v) is 10.2. The SMILES string of the molecule is O=C(O[C@H](C(=O)N1CCOCC1)c1ccccc1)c1ccccc1N1CCCC1=O. The standard InChI is InChI=1S/C23H24N2O5/c26-20-11-6-12-25(20)19-10-5-4-9-18(19)23(28)30-21(17-7-2-1-3-8-17)22(27)24-13-15-29-16-14-24/h1-5,7-10,21H,6,11-16H2/t21-/m0/s1. The first-order valence-electron chi connectivity index (χ1n) is 10.2. The first kappa shape index (κ1) is 20.1. The van der Waals surface area contributed by atoms with E-state index in [2.05, 4.69) is 0 Å². The van der Waals surface area contributed by atoms with Gasteiger partial charge in [0.1, 0.15) is 0 Å². The Morgan fingerprint density at radius 1 is 0.933 bits per heavy atom. The monoisotopic (exact) mass is 408 g/mol. The molecule has 0 radical (unpaired) electrons. The third-order valence-electron chi connectivity index (χ3n) is 5.36. The Hall–Kier alpha value is -3.19. The second-order valence-corrected chi connectivity index (χ2v) is 7.30. The van der Waals surface area contributed by atoms with E-state index in [1.165, 1.54) is 0 Å². The van der Waals surface area contributed by atoms with Crippen LogP contribution in [0.4, 0.5) is 5.69 Å². The van der Waals surface area contributed by atoms with Crippen LogP contribution < -0.4 is 4.90 Å². The predicted molar refractivity (Wildman–Crippen MR) is 110 cm³/mol. The van der Waals surface area contributed by atoms with Crippen molar-refractivity contribution in [3.05, 3.63) is 65.7 Å². The predicted octanol–water partition coefficient (Wildman–Crippen LogP) is 2.57. The topological polar surface area (TPSA) is 76.2 Å². The summed E-state index contributed by atoms with van der Waals surface area (Å²) in [5, 5.41) is 0. The maximum Gasteiger partial charge on any atom is 0.341 e. The molecule has 0 unspecified atom stereocenters. The lowest BCUT2D eigenvalue weighted by atomic mass is 10.1. The van der Waals surface area contributed by atoms with Gasteiger partial charge in [0.15, 0.2) is 0 Å². The van der Waals surface area contributed by atoms with Gasteiger partial charge in [-0.3, -0.25) is 9.59 Å². The molecular formula is C23H24N2O5. The van der Waals surface area contributed by atoms with Gasteiger partial charge in [0.2, 0.25) is 12.0 Å². The molecule has 2 aliphatic rings. The first-order chi connectivity index (χ1) is 14.6. The molecule has 0 bridgehead atoms. The van der Waals surface area contributed by atoms with Crippen LogP contribution in [0.25, 0.3) is 0 Å². The number of carbonyl (C=O) groups is 3. The van der Waals surface area contributed by atoms with Crippen LogP contribution in [0.2, 0.25) is 0 Å². The van der Waals surface area contributed by atoms with Crippen molar-refractivity contribution in [1.29, 1.82) is 0 Å². The minimum Gasteiger partial charge on any atom is -0.444 e. The molecule has 7 heteroatoms. The Morgan fingerprint density at radius 2 is 1.63 bits per heavy atom. The van der Waals surface area contributed by atoms with Crippen molar-refractivity contribution in [2.24, 2.45) is 0 Å². The molecular weight excluding hydrogens is 384 g/mol. The van der Waals surface area contributed by atoms with E-state index in [-0.39, 0.29) is 17.4 Å². The molecule has 1 atom stereocenters. The molecule has 0 saturated carbocycles. The van der Waals surface area contributed by atoms with Gasteiger partial charge in [-0.2, -0.15) is 0 Å². The molecule has 2 aromatic carbocycles. The van der Waals surface area contributed by atoms with Crippen LogP contribution in [-0.2, 0) is 19.1 Å². The van der Waals surface area contributed by atoms with Crippen molar-refractivity contribution in [3.63, 3.8) is 0 Å². The highest BCUT2D eigenvalue weighted by atomic mass is 16.5. The van der Waals surface area contributed by atoms with Crippen molar-refractivity contribution in [2.75, 3.05) is 37.7 Å². The van der Waals surface area contributed by atoms with E-state index in [0.717, 1.165) is 6.42 Å². The fraction of sp³-hybridized carbons (Fsp3) is 0.348. The number of anilines is 1. The lowest BCUT2D eigenvalue weighted by Crippen LogP contribution is -2.44. The minimum absolute atomic E-state index is 0.0146. The number of amides is 2. The maximum atomic E-state index is 13.2. The molecule has 30 heavy (non-hydrogen) atoms. The summed E-state index contributed by atoms with van der Waals surface area (Å²) < 4.78 is 11.1. The van der Waals surface area contributed by atoms with Crippen LogP contribution in [-0.4, -0.2) is 55.5 Å². The van der Waals surface area contributed by atoms with Gasteiger partial charge in [0.05, 0.1) is 24.5 Å². The molecule has 2 fully saturated rings. The number of hydrogen-bond donors (Lipinski definition) is 0. The number of para-hydroxylation sites is 1. The van der Waals surface area contributed by atoms with E-state index < -0.39 is 12.1 Å². The van der Waals surface area contributed by atoms with Crippen LogP contribution in [0.3, 0.4) is 0 Å². The highest BCUT2D eigenvalue weighted by molar-refractivity contribution is 6.04. The van der Waals surface area contributed by atoms with E-state index in [1.807, 2.05) is 6.07 Å². The zero-order valence-corrected chi connectivity index (χ0v) is 16.7. The van der Waals surface area contributed by atoms with Gasteiger partial charge in [-0.15, -0.1) is 0 Å². The van der Waals surface area contributed by atoms with Crippen molar-refractivity contribution < 1.29 is 23.9 Å². The fourth-order valence-corrected chi connectivity index (χ4v) is 3.79. The van der Waals surface area contributed by atoms with Crippen LogP contribution in [0.1, 0.15) is 34.9 Å². The third-order valence-corrected chi connectivity index (χ3v) is 5.36. The van der Waals surface area contributed by atoms with Gasteiger partial charge in [-0.1, -0.05) is 42.5 Å². The van der Waals surface area contributed by atoms with Crippen molar-refractivity contribution in [3.8, 4) is 0 Å². The van der Waals surface area contributed by atoms with Crippen LogP contribution >= 0.6 is 0 Å². The lowest BCUT2D eigenvalue weighted by Gasteiger charge is -2.30. The molecule has 0 spiro atoms. The third kappa shape index (κ3) is 4.21. The van der Waals surface area contributed by atoms with Crippen LogP contribution in [0.15, 0.2) is 54.6 Å². The van der Waals surface area contributed by atoms with E-state index in [1.54, 1.807) is 58.3 Å². The van der Waals surface area contributed by atoms with E-state index >= 15 is 0 Å². The quantitative estimate of drug-likeness (QED) is 0.711. The largest absolute Gasteiger partial charge is 0.444 e. The summed E-state index contributed by atoms with van der Waals surface area (Å²) in [6.07, 6.45) is 0.162. The average Bonchev–Trinajstić information content (AvgIpc) is 3.23. The molecule has 2 saturated heterocycles. The van der Waals surface area contributed by atoms with E-state index in [0.29, 0.717) is 50.5 Å². The Morgan fingerprint density at radius 3 is 2.33 bits per heavy atom. The van der Waals surface area contributed by atoms with Gasteiger partial charge in [-0.05, 0) is 18.6 Å². The Balaban J connectivity index is 1.61. The second-order valence-electron chi connectivity index (χ2n) is 7.30. The molecule has 7 nitrogen and oxygen atoms in total. The van der Waals surface area contributed by atoms with Crippen LogP contribution in [0, 0.1) is 0 Å². The highest BCUT2D eigenvalue weighted by Gasteiger charge is 2.32. The van der Waals surface area contributed by atoms with Gasteiger partial charge in [-0.25, -0.2) is 4.79 Å². The second kappa shape index (κ2) is 9.09. The summed E-state index contributed by atoms with van der Waals surface area (Å²) in [6, 6.07) is 15.9. The Kier molecular flexibility index (Phi) is 6.09. The summed E-state index contributed by atoms with van der Waals surface area (Å²) in [4.78, 5) is 41.8. The maximum absolute atomic E-state index is 13.2. The number of morpholine rings is 1. The number of ether oxygens (including phenoxy) is 2. The number of carbonyl (C=O) groups excluding carboxylic acids is 3. The Labute approximate surface area is 175 Å². The number of nitrogens with zero attached hydrogens (tertiary/aromatic N) is 2. The zero-order valence-electron chi connectivity index (χ0n) is 16.7. The summed E-state index contributed by atoms with van der Waals surface area (Å²) in [5.74, 6) is -0.910. The molecule has 2 aromatic rings. The van der Waals surface area contributed by atoms with Gasteiger partial charge < -0.3 is 19.3 Å². The molecule has 4 rings (SSSR count). The van der Waals surface area contributed by atoms with E-state index in [9.17, 15) is 14.4 Å². The fourth-order valence-electron chi connectivity index (χ4n) is 3.79. The van der Waals surface area contributed by atoms with Gasteiger partial charge in [0, 0.05) is 31.6 Å². The Bertz CT molecular complexity index is 924. The summed E-state index contributed by atoms with van der Waals surface area (Å²) in [5.41, 5.74) is 1.41. The minimum atomic E-state index is -1.06. The molecule has 2 aliphatic heterocycles. The van der Waals surface area contributed by atoms with Crippen LogP contribution in [0.5, 0.6) is 0 Å². The van der Waals surface area contributed by atoms with E-state index in [4.69, 9.17) is 9.47 Å². The highest BCUT2D eigenvalue weighted by Crippen LogP contribution is 2.29. The molecule has 0 N–H and O–H groups in total. The molecule has 2 amide bonds. The molecule has 0 aromatic heterocycles. The average molecular weight is 408 g/mol. The number of hydrogen-bond acceptors (Lipinski definition) is 5. The molecule has 0 aliphatic carbocycles. The summed E-state index contributed by atoms with van der Waals surface area (Å²) in [7, 11) is 0. The number of rotatable bonds is 5. The van der Waals surface area contributed by atoms with Gasteiger partial charge in [0.25, 0.3) is 5.91 Å². The molecule has 156 valence electrons. The zero-order chi connectivity index (χ0) is 20.9. The van der Waals surface area contributed by atoms with Crippen molar-refractivity contribution >= 4 is 23.5 Å². The number of esters is 1. The van der Waals surface area contributed by atoms with Crippen molar-refractivity contribution in [2.45, 2.75) is 18.9 Å². The molecule has 2 heterocycles. The van der Waals surface area contributed by atoms with Crippen molar-refractivity contribution in [1.82, 2.24) is 4.90 Å². The summed E-state index contributed by atoms with van der Waals surface area (Å²) in [6.45, 7) is 2.40. The smallest absolute Gasteiger partial charge is 0.341 e. The summed E-state index contributed by atoms with van der Waals surface area (Å²) >= 11 is 0.